The van der Waals surface area contributed by atoms with Gasteiger partial charge in [-0.15, -0.1) is 24.0 Å². The van der Waals surface area contributed by atoms with Crippen LogP contribution >= 0.6 is 24.0 Å². The van der Waals surface area contributed by atoms with Gasteiger partial charge in [0.05, 0.1) is 13.2 Å². The molecule has 2 aliphatic heterocycles. The van der Waals surface area contributed by atoms with Crippen molar-refractivity contribution in [3.05, 3.63) is 18.2 Å². The van der Waals surface area contributed by atoms with E-state index in [4.69, 9.17) is 18.9 Å². The molecule has 0 spiro atoms. The maximum absolute atomic E-state index is 5.75. The molecule has 0 aromatic heterocycles. The van der Waals surface area contributed by atoms with Crippen LogP contribution < -0.4 is 19.5 Å². The van der Waals surface area contributed by atoms with E-state index in [2.05, 4.69) is 15.2 Å². The number of guanidine groups is 1. The lowest BCUT2D eigenvalue weighted by molar-refractivity contribution is 0.173. The van der Waals surface area contributed by atoms with Gasteiger partial charge in [0.25, 0.3) is 0 Å². The molecule has 3 rings (SSSR count). The Morgan fingerprint density at radius 1 is 1.36 bits per heavy atom. The molecule has 1 atom stereocenters. The Morgan fingerprint density at radius 3 is 2.96 bits per heavy atom. The molecule has 1 fully saturated rings. The van der Waals surface area contributed by atoms with Gasteiger partial charge in [-0.25, -0.2) is 0 Å². The summed E-state index contributed by atoms with van der Waals surface area (Å²) in [6, 6.07) is 5.60. The Morgan fingerprint density at radius 2 is 2.20 bits per heavy atom. The van der Waals surface area contributed by atoms with Crippen molar-refractivity contribution in [3.63, 3.8) is 0 Å². The summed E-state index contributed by atoms with van der Waals surface area (Å²) in [4.78, 5) is 6.46. The highest BCUT2D eigenvalue weighted by molar-refractivity contribution is 14.0. The quantitative estimate of drug-likeness (QED) is 0.301. The van der Waals surface area contributed by atoms with Gasteiger partial charge in [0, 0.05) is 39.2 Å². The highest BCUT2D eigenvalue weighted by atomic mass is 127. The van der Waals surface area contributed by atoms with Crippen LogP contribution in [0.2, 0.25) is 0 Å². The first kappa shape index (κ1) is 19.9. The average molecular weight is 463 g/mol. The Bertz CT molecular complexity index is 579. The number of ether oxygens (including phenoxy) is 4. The van der Waals surface area contributed by atoms with Gasteiger partial charge < -0.3 is 29.2 Å². The van der Waals surface area contributed by atoms with Gasteiger partial charge in [-0.1, -0.05) is 0 Å². The number of hydrogen-bond acceptors (Lipinski definition) is 5. The third-order valence-electron chi connectivity index (χ3n) is 4.13. The van der Waals surface area contributed by atoms with Gasteiger partial charge >= 0.3 is 0 Å². The standard InChI is InChI=1S/C17H25N3O4.HI/c1-18-17(20(2)10-13-5-7-21-11-13)19-6-8-22-14-3-4-15-16(9-14)24-12-23-15;/h3-4,9,13H,5-8,10-12H2,1-2H3,(H,18,19);1H. The molecule has 140 valence electrons. The van der Waals surface area contributed by atoms with Gasteiger partial charge in [-0.2, -0.15) is 0 Å². The maximum Gasteiger partial charge on any atom is 0.231 e. The minimum absolute atomic E-state index is 0. The van der Waals surface area contributed by atoms with Gasteiger partial charge in [-0.05, 0) is 18.6 Å². The van der Waals surface area contributed by atoms with Crippen LogP contribution in [0.4, 0.5) is 0 Å². The molecule has 0 amide bonds. The lowest BCUT2D eigenvalue weighted by Gasteiger charge is -2.24. The largest absolute Gasteiger partial charge is 0.492 e. The summed E-state index contributed by atoms with van der Waals surface area (Å²) in [6.45, 7) is 4.14. The Hall–Kier alpha value is -1.42. The van der Waals surface area contributed by atoms with Crippen LogP contribution in [-0.4, -0.2) is 64.7 Å². The fraction of sp³-hybridized carbons (Fsp3) is 0.588. The second-order valence-corrected chi connectivity index (χ2v) is 5.95. The summed E-state index contributed by atoms with van der Waals surface area (Å²) in [5, 5.41) is 3.32. The van der Waals surface area contributed by atoms with E-state index < -0.39 is 0 Å². The van der Waals surface area contributed by atoms with Gasteiger partial charge in [-0.3, -0.25) is 4.99 Å². The van der Waals surface area contributed by atoms with Crippen molar-refractivity contribution in [1.82, 2.24) is 10.2 Å². The molecule has 0 aliphatic carbocycles. The maximum atomic E-state index is 5.75. The molecule has 7 nitrogen and oxygen atoms in total. The minimum Gasteiger partial charge on any atom is -0.492 e. The Labute approximate surface area is 165 Å². The van der Waals surface area contributed by atoms with Crippen LogP contribution in [-0.2, 0) is 4.74 Å². The topological polar surface area (TPSA) is 64.6 Å². The number of benzene rings is 1. The first-order valence-corrected chi connectivity index (χ1v) is 8.28. The van der Waals surface area contributed by atoms with E-state index in [0.717, 1.165) is 49.4 Å². The van der Waals surface area contributed by atoms with E-state index in [1.165, 1.54) is 0 Å². The first-order chi connectivity index (χ1) is 11.8. The highest BCUT2D eigenvalue weighted by Gasteiger charge is 2.19. The average Bonchev–Trinajstić information content (AvgIpc) is 3.25. The summed E-state index contributed by atoms with van der Waals surface area (Å²) < 4.78 is 21.8. The van der Waals surface area contributed by atoms with Crippen molar-refractivity contribution in [2.45, 2.75) is 6.42 Å². The molecule has 2 aliphatic rings. The van der Waals surface area contributed by atoms with Crippen LogP contribution in [0.15, 0.2) is 23.2 Å². The van der Waals surface area contributed by atoms with Crippen molar-refractivity contribution >= 4 is 29.9 Å². The predicted molar refractivity (Wildman–Crippen MR) is 106 cm³/mol. The van der Waals surface area contributed by atoms with Crippen molar-refractivity contribution in [3.8, 4) is 17.2 Å². The number of halogens is 1. The van der Waals surface area contributed by atoms with Crippen molar-refractivity contribution in [2.24, 2.45) is 10.9 Å². The third kappa shape index (κ3) is 5.53. The van der Waals surface area contributed by atoms with E-state index in [1.54, 1.807) is 7.05 Å². The number of nitrogens with zero attached hydrogens (tertiary/aromatic N) is 2. The first-order valence-electron chi connectivity index (χ1n) is 8.28. The van der Waals surface area contributed by atoms with Gasteiger partial charge in [0.15, 0.2) is 17.5 Å². The summed E-state index contributed by atoms with van der Waals surface area (Å²) in [5.74, 6) is 3.72. The second kappa shape index (κ2) is 9.91. The molecule has 1 saturated heterocycles. The molecule has 1 N–H and O–H groups in total. The zero-order chi connectivity index (χ0) is 16.8. The lowest BCUT2D eigenvalue weighted by atomic mass is 10.1. The van der Waals surface area contributed by atoms with Crippen LogP contribution in [0.1, 0.15) is 6.42 Å². The molecule has 0 bridgehead atoms. The zero-order valence-corrected chi connectivity index (χ0v) is 17.0. The van der Waals surface area contributed by atoms with Crippen LogP contribution in [0.3, 0.4) is 0 Å². The van der Waals surface area contributed by atoms with E-state index in [9.17, 15) is 0 Å². The van der Waals surface area contributed by atoms with E-state index in [1.807, 2.05) is 25.2 Å². The van der Waals surface area contributed by atoms with Crippen molar-refractivity contribution in [1.29, 1.82) is 0 Å². The lowest BCUT2D eigenvalue weighted by Crippen LogP contribution is -2.42. The molecule has 8 heteroatoms. The number of hydrogen-bond donors (Lipinski definition) is 1. The monoisotopic (exact) mass is 463 g/mol. The van der Waals surface area contributed by atoms with Crippen LogP contribution in [0, 0.1) is 5.92 Å². The van der Waals surface area contributed by atoms with E-state index >= 15 is 0 Å². The molecule has 25 heavy (non-hydrogen) atoms. The molecule has 1 aromatic rings. The predicted octanol–water partition coefficient (Wildman–Crippen LogP) is 1.96. The smallest absolute Gasteiger partial charge is 0.231 e. The molecular weight excluding hydrogens is 437 g/mol. The molecule has 1 unspecified atom stereocenters. The summed E-state index contributed by atoms with van der Waals surface area (Å²) in [6.07, 6.45) is 1.12. The number of rotatable bonds is 6. The van der Waals surface area contributed by atoms with Crippen molar-refractivity contribution < 1.29 is 18.9 Å². The van der Waals surface area contributed by atoms with Gasteiger partial charge in [0.2, 0.25) is 6.79 Å². The molecule has 1 aromatic carbocycles. The van der Waals surface area contributed by atoms with E-state index in [-0.39, 0.29) is 30.8 Å². The number of nitrogens with one attached hydrogen (secondary N) is 1. The van der Waals surface area contributed by atoms with Crippen molar-refractivity contribution in [2.75, 3.05) is 53.8 Å². The van der Waals surface area contributed by atoms with Gasteiger partial charge in [0.1, 0.15) is 12.4 Å². The molecular formula is C17H26IN3O4. The summed E-state index contributed by atoms with van der Waals surface area (Å²) in [5.41, 5.74) is 0. The number of aliphatic imine (C=N–C) groups is 1. The Kier molecular flexibility index (Phi) is 7.89. The van der Waals surface area contributed by atoms with Crippen LogP contribution in [0.25, 0.3) is 0 Å². The highest BCUT2D eigenvalue weighted by Crippen LogP contribution is 2.34. The fourth-order valence-corrected chi connectivity index (χ4v) is 2.88. The van der Waals surface area contributed by atoms with E-state index in [0.29, 0.717) is 19.1 Å². The number of fused-ring (bicyclic) bond motifs is 1. The zero-order valence-electron chi connectivity index (χ0n) is 14.7. The normalized spacial score (nSPS) is 18.6. The third-order valence-corrected chi connectivity index (χ3v) is 4.13. The molecule has 0 radical (unpaired) electrons. The molecule has 2 heterocycles. The van der Waals surface area contributed by atoms with Crippen LogP contribution in [0.5, 0.6) is 17.2 Å². The Balaban J connectivity index is 0.00000225. The SMILES string of the molecule is CN=C(NCCOc1ccc2c(c1)OCO2)N(C)CC1CCOC1.I. The summed E-state index contributed by atoms with van der Waals surface area (Å²) in [7, 11) is 3.84. The second-order valence-electron chi connectivity index (χ2n) is 5.95. The minimum atomic E-state index is 0. The fourth-order valence-electron chi connectivity index (χ4n) is 2.88. The summed E-state index contributed by atoms with van der Waals surface area (Å²) >= 11 is 0. The molecule has 0 saturated carbocycles.